The number of aromatic nitrogens is 2. The van der Waals surface area contributed by atoms with Crippen LogP contribution < -0.4 is 16.4 Å². The third kappa shape index (κ3) is 4.58. The number of carbonyl (C=O) groups excluding carboxylic acids is 1. The number of benzene rings is 2. The minimum absolute atomic E-state index is 0. The highest BCUT2D eigenvalue weighted by Gasteiger charge is 2.11. The molecular weight excluding hydrogens is 340 g/mol. The van der Waals surface area contributed by atoms with E-state index in [1.807, 2.05) is 42.5 Å². The van der Waals surface area contributed by atoms with Gasteiger partial charge in [0.1, 0.15) is 0 Å². The van der Waals surface area contributed by atoms with Crippen LogP contribution in [0.15, 0.2) is 60.7 Å². The summed E-state index contributed by atoms with van der Waals surface area (Å²) in [5.74, 6) is -0.400. The minimum Gasteiger partial charge on any atom is -0.370 e. The Morgan fingerprint density at radius 2 is 1.64 bits per heavy atom. The molecule has 0 bridgehead atoms. The minimum atomic E-state index is -0.279. The highest BCUT2D eigenvalue weighted by atomic mass is 35.5. The van der Waals surface area contributed by atoms with E-state index in [-0.39, 0.29) is 24.3 Å². The van der Waals surface area contributed by atoms with Crippen LogP contribution in [0.3, 0.4) is 0 Å². The lowest BCUT2D eigenvalue weighted by molar-refractivity contribution is 0.102. The number of halogens is 1. The van der Waals surface area contributed by atoms with Gasteiger partial charge in [-0.3, -0.25) is 15.3 Å². The zero-order valence-corrected chi connectivity index (χ0v) is 13.9. The highest BCUT2D eigenvalue weighted by molar-refractivity contribution is 6.03. The number of hydrogen-bond acceptors (Lipinski definition) is 3. The molecule has 0 spiro atoms. The average molecular weight is 357 g/mol. The average Bonchev–Trinajstić information content (AvgIpc) is 3.06. The largest absolute Gasteiger partial charge is 0.370 e. The second kappa shape index (κ2) is 7.98. The van der Waals surface area contributed by atoms with Crippen LogP contribution in [0.2, 0.25) is 0 Å². The number of nitrogens with two attached hydrogens (primary N) is 1. The molecule has 0 fully saturated rings. The number of anilines is 2. The molecule has 0 saturated heterocycles. The van der Waals surface area contributed by atoms with Gasteiger partial charge in [-0.05, 0) is 35.9 Å². The lowest BCUT2D eigenvalue weighted by atomic mass is 10.1. The van der Waals surface area contributed by atoms with E-state index >= 15 is 0 Å². The van der Waals surface area contributed by atoms with Crippen molar-refractivity contribution in [3.8, 4) is 11.3 Å². The normalized spacial score (nSPS) is 9.76. The molecule has 3 rings (SSSR count). The van der Waals surface area contributed by atoms with Gasteiger partial charge >= 0.3 is 0 Å². The Hall–Kier alpha value is -3.32. The zero-order chi connectivity index (χ0) is 16.9. The fraction of sp³-hybridized carbons (Fsp3) is 0. The molecule has 2 aromatic carbocycles. The van der Waals surface area contributed by atoms with Crippen molar-refractivity contribution < 1.29 is 4.79 Å². The molecular formula is C17H17ClN6O. The first kappa shape index (κ1) is 18.0. The standard InChI is InChI=1S/C17H16N6O.ClH/c18-17(19)21-13-8-6-11(7-9-13)14-10-15(23-22-14)16(24)20-12-4-2-1-3-5-12;/h1-10H,(H,20,24)(H,22,23)(H4,18,19,21);1H. The SMILES string of the molecule is Cl.N=C(N)Nc1ccc(-c2cc(C(=O)Nc3ccccc3)n[nH]2)cc1. The Bertz CT molecular complexity index is 860. The van der Waals surface area contributed by atoms with Crippen molar-refractivity contribution in [1.29, 1.82) is 5.41 Å². The van der Waals surface area contributed by atoms with E-state index < -0.39 is 0 Å². The summed E-state index contributed by atoms with van der Waals surface area (Å²) in [7, 11) is 0. The second-order valence-electron chi connectivity index (χ2n) is 5.10. The molecule has 0 aliphatic rings. The monoisotopic (exact) mass is 356 g/mol. The van der Waals surface area contributed by atoms with Gasteiger partial charge in [0.2, 0.25) is 0 Å². The quantitative estimate of drug-likeness (QED) is 0.364. The van der Waals surface area contributed by atoms with Gasteiger partial charge in [0, 0.05) is 11.4 Å². The molecule has 7 nitrogen and oxygen atoms in total. The molecule has 0 aliphatic carbocycles. The fourth-order valence-electron chi connectivity index (χ4n) is 2.19. The maximum Gasteiger partial charge on any atom is 0.276 e. The molecule has 3 aromatic rings. The number of carbonyl (C=O) groups is 1. The third-order valence-electron chi connectivity index (χ3n) is 3.32. The molecule has 6 N–H and O–H groups in total. The van der Waals surface area contributed by atoms with Crippen LogP contribution in [0.1, 0.15) is 10.5 Å². The van der Waals surface area contributed by atoms with E-state index in [1.165, 1.54) is 0 Å². The Labute approximate surface area is 150 Å². The maximum absolute atomic E-state index is 12.2. The lowest BCUT2D eigenvalue weighted by Gasteiger charge is -2.04. The van der Waals surface area contributed by atoms with Crippen molar-refractivity contribution >= 4 is 35.6 Å². The summed E-state index contributed by atoms with van der Waals surface area (Å²) < 4.78 is 0. The van der Waals surface area contributed by atoms with Crippen LogP contribution in [0.4, 0.5) is 11.4 Å². The van der Waals surface area contributed by atoms with Crippen molar-refractivity contribution in [1.82, 2.24) is 10.2 Å². The summed E-state index contributed by atoms with van der Waals surface area (Å²) in [5.41, 5.74) is 8.62. The molecule has 0 atom stereocenters. The molecule has 25 heavy (non-hydrogen) atoms. The molecule has 0 radical (unpaired) electrons. The number of nitrogens with zero attached hydrogens (tertiary/aromatic N) is 1. The van der Waals surface area contributed by atoms with Crippen molar-refractivity contribution in [3.05, 3.63) is 66.4 Å². The van der Waals surface area contributed by atoms with Crippen LogP contribution in [-0.4, -0.2) is 22.1 Å². The van der Waals surface area contributed by atoms with E-state index in [9.17, 15) is 4.79 Å². The predicted octanol–water partition coefficient (Wildman–Crippen LogP) is 3.06. The second-order valence-corrected chi connectivity index (χ2v) is 5.10. The molecule has 8 heteroatoms. The first-order chi connectivity index (χ1) is 11.6. The van der Waals surface area contributed by atoms with Crippen LogP contribution in [0.5, 0.6) is 0 Å². The highest BCUT2D eigenvalue weighted by Crippen LogP contribution is 2.20. The van der Waals surface area contributed by atoms with Crippen molar-refractivity contribution in [2.75, 3.05) is 10.6 Å². The van der Waals surface area contributed by atoms with Crippen LogP contribution in [0.25, 0.3) is 11.3 Å². The number of rotatable bonds is 4. The number of aromatic amines is 1. The van der Waals surface area contributed by atoms with Gasteiger partial charge in [-0.1, -0.05) is 30.3 Å². The Morgan fingerprint density at radius 1 is 1.00 bits per heavy atom. The Kier molecular flexibility index (Phi) is 5.75. The van der Waals surface area contributed by atoms with Crippen molar-refractivity contribution in [3.63, 3.8) is 0 Å². The van der Waals surface area contributed by atoms with E-state index in [1.54, 1.807) is 18.2 Å². The molecule has 0 aliphatic heterocycles. The summed E-state index contributed by atoms with van der Waals surface area (Å²) in [6.45, 7) is 0. The van der Waals surface area contributed by atoms with Crippen LogP contribution >= 0.6 is 12.4 Å². The molecule has 0 unspecified atom stereocenters. The smallest absolute Gasteiger partial charge is 0.276 e. The topological polar surface area (TPSA) is 120 Å². The van der Waals surface area contributed by atoms with E-state index in [0.29, 0.717) is 17.1 Å². The fourth-order valence-corrected chi connectivity index (χ4v) is 2.19. The summed E-state index contributed by atoms with van der Waals surface area (Å²) in [4.78, 5) is 12.2. The summed E-state index contributed by atoms with van der Waals surface area (Å²) in [5, 5.41) is 19.6. The van der Waals surface area contributed by atoms with Crippen LogP contribution in [0, 0.1) is 5.41 Å². The number of guanidine groups is 1. The molecule has 1 heterocycles. The summed E-state index contributed by atoms with van der Waals surface area (Å²) in [6, 6.07) is 18.2. The van der Waals surface area contributed by atoms with Crippen molar-refractivity contribution in [2.24, 2.45) is 5.73 Å². The van der Waals surface area contributed by atoms with E-state index in [0.717, 1.165) is 11.3 Å². The summed E-state index contributed by atoms with van der Waals surface area (Å²) >= 11 is 0. The maximum atomic E-state index is 12.2. The zero-order valence-electron chi connectivity index (χ0n) is 13.1. The van der Waals surface area contributed by atoms with Gasteiger partial charge in [0.05, 0.1) is 5.69 Å². The van der Waals surface area contributed by atoms with Gasteiger partial charge in [-0.2, -0.15) is 5.10 Å². The van der Waals surface area contributed by atoms with Crippen molar-refractivity contribution in [2.45, 2.75) is 0 Å². The molecule has 1 aromatic heterocycles. The Balaban J connectivity index is 0.00000225. The number of para-hydroxylation sites is 1. The molecule has 0 saturated carbocycles. The Morgan fingerprint density at radius 3 is 2.28 bits per heavy atom. The molecule has 128 valence electrons. The first-order valence-electron chi connectivity index (χ1n) is 7.25. The first-order valence-corrected chi connectivity index (χ1v) is 7.25. The van der Waals surface area contributed by atoms with Gasteiger partial charge in [0.15, 0.2) is 11.7 Å². The van der Waals surface area contributed by atoms with Gasteiger partial charge in [-0.15, -0.1) is 12.4 Å². The van der Waals surface area contributed by atoms with Gasteiger partial charge < -0.3 is 16.4 Å². The number of nitrogens with one attached hydrogen (secondary N) is 4. The lowest BCUT2D eigenvalue weighted by Crippen LogP contribution is -2.20. The third-order valence-corrected chi connectivity index (χ3v) is 3.32. The number of amides is 1. The van der Waals surface area contributed by atoms with E-state index in [2.05, 4.69) is 20.8 Å². The summed E-state index contributed by atoms with van der Waals surface area (Å²) in [6.07, 6.45) is 0. The molecule has 1 amide bonds. The predicted molar refractivity (Wildman–Crippen MR) is 101 cm³/mol. The van der Waals surface area contributed by atoms with Crippen LogP contribution in [-0.2, 0) is 0 Å². The number of hydrogen-bond donors (Lipinski definition) is 5. The number of H-pyrrole nitrogens is 1. The van der Waals surface area contributed by atoms with E-state index in [4.69, 9.17) is 11.1 Å². The van der Waals surface area contributed by atoms with Gasteiger partial charge in [0.25, 0.3) is 5.91 Å². The van der Waals surface area contributed by atoms with Gasteiger partial charge in [-0.25, -0.2) is 0 Å².